The van der Waals surface area contributed by atoms with Gasteiger partial charge in [0.1, 0.15) is 6.17 Å². The van der Waals surface area contributed by atoms with E-state index in [1.165, 1.54) is 55.6 Å². The summed E-state index contributed by atoms with van der Waals surface area (Å²) >= 11 is 0. The van der Waals surface area contributed by atoms with Crippen LogP contribution in [0.1, 0.15) is 33.6 Å². The van der Waals surface area contributed by atoms with E-state index < -0.39 is 6.17 Å². The lowest BCUT2D eigenvalue weighted by Gasteiger charge is -2.17. The second-order valence-corrected chi connectivity index (χ2v) is 8.95. The van der Waals surface area contributed by atoms with E-state index in [0.29, 0.717) is 22.5 Å². The van der Waals surface area contributed by atoms with Gasteiger partial charge in [-0.3, -0.25) is 19.4 Å². The Bertz CT molecular complexity index is 1550. The highest BCUT2D eigenvalue weighted by Gasteiger charge is 2.43. The maximum atomic E-state index is 13.5. The number of amides is 1. The van der Waals surface area contributed by atoms with Gasteiger partial charge in [-0.05, 0) is 54.1 Å². The number of ether oxygens (including phenoxy) is 2. The van der Waals surface area contributed by atoms with Gasteiger partial charge < -0.3 is 19.7 Å². The molecule has 39 heavy (non-hydrogen) atoms. The molecule has 3 N–H and O–H groups in total. The molecule has 10 nitrogen and oxygen atoms in total. The largest absolute Gasteiger partial charge is 0.504 e. The van der Waals surface area contributed by atoms with Gasteiger partial charge in [0, 0.05) is 23.3 Å². The zero-order valence-electron chi connectivity index (χ0n) is 21.2. The Kier molecular flexibility index (Phi) is 6.86. The number of hydrogen-bond acceptors (Lipinski definition) is 9. The first kappa shape index (κ1) is 25.7. The second kappa shape index (κ2) is 10.4. The molecule has 5 rings (SSSR count). The quantitative estimate of drug-likeness (QED) is 0.359. The van der Waals surface area contributed by atoms with Crippen molar-refractivity contribution in [2.75, 3.05) is 19.2 Å². The molecule has 0 aromatic heterocycles. The molecule has 2 aliphatic rings. The number of nitrogens with zero attached hydrogens (tertiary/aromatic N) is 2. The second-order valence-electron chi connectivity index (χ2n) is 8.95. The van der Waals surface area contributed by atoms with Crippen molar-refractivity contribution in [2.45, 2.75) is 19.0 Å². The average molecular weight is 528 g/mol. The molecule has 0 saturated carbocycles. The molecule has 2 aliphatic heterocycles. The molecule has 0 bridgehead atoms. The number of methoxy groups -OCH3 is 2. The molecule has 1 atom stereocenters. The average Bonchev–Trinajstić information content (AvgIpc) is 3.45. The van der Waals surface area contributed by atoms with E-state index in [2.05, 4.69) is 10.4 Å². The molecule has 0 radical (unpaired) electrons. The molecule has 1 fully saturated rings. The van der Waals surface area contributed by atoms with Crippen molar-refractivity contribution in [2.24, 2.45) is 4.99 Å². The minimum Gasteiger partial charge on any atom is -0.504 e. The van der Waals surface area contributed by atoms with Crippen LogP contribution >= 0.6 is 0 Å². The smallest absolute Gasteiger partial charge is 0.272 e. The Labute approximate surface area is 223 Å². The number of phenolic OH excluding ortho intramolecular Hbond substituents is 2. The van der Waals surface area contributed by atoms with Crippen molar-refractivity contribution in [1.82, 2.24) is 5.43 Å². The van der Waals surface area contributed by atoms with Crippen LogP contribution in [0.5, 0.6) is 23.0 Å². The number of nitrogens with one attached hydrogen (secondary N) is 1. The van der Waals surface area contributed by atoms with E-state index in [0.717, 1.165) is 0 Å². The predicted molar refractivity (Wildman–Crippen MR) is 143 cm³/mol. The SMILES string of the molecule is COc1cc(C(=O)CC2=N[C@@H]3NN(c4ccccc4)C(=O)C3=C2CC(=O)c2ccc(O)c(OC)c2)ccc1O. The number of para-hydroxylation sites is 1. The van der Waals surface area contributed by atoms with Gasteiger partial charge >= 0.3 is 0 Å². The molecule has 198 valence electrons. The monoisotopic (exact) mass is 527 g/mol. The number of anilines is 1. The number of rotatable bonds is 9. The van der Waals surface area contributed by atoms with Crippen molar-refractivity contribution < 1.29 is 34.1 Å². The number of hydrogen-bond donors (Lipinski definition) is 3. The third-order valence-corrected chi connectivity index (χ3v) is 6.60. The van der Waals surface area contributed by atoms with Gasteiger partial charge in [0.2, 0.25) is 0 Å². The molecule has 0 aliphatic carbocycles. The van der Waals surface area contributed by atoms with Gasteiger partial charge in [0.15, 0.2) is 34.6 Å². The highest BCUT2D eigenvalue weighted by Crippen LogP contribution is 2.35. The van der Waals surface area contributed by atoms with E-state index >= 15 is 0 Å². The van der Waals surface area contributed by atoms with Crippen molar-refractivity contribution in [3.63, 3.8) is 0 Å². The van der Waals surface area contributed by atoms with Crippen LogP contribution in [0.15, 0.2) is 82.9 Å². The fourth-order valence-corrected chi connectivity index (χ4v) is 4.60. The fraction of sp³-hybridized carbons (Fsp3) is 0.172. The highest BCUT2D eigenvalue weighted by molar-refractivity contribution is 6.24. The number of carbonyl (C=O) groups excluding carboxylic acids is 3. The molecule has 0 spiro atoms. The molecule has 1 saturated heterocycles. The predicted octanol–water partition coefficient (Wildman–Crippen LogP) is 3.59. The normalized spacial score (nSPS) is 16.3. The highest BCUT2D eigenvalue weighted by atomic mass is 16.5. The number of hydrazine groups is 1. The number of aliphatic imine (C=N–C) groups is 1. The van der Waals surface area contributed by atoms with Gasteiger partial charge in [0.05, 0.1) is 31.9 Å². The molecule has 0 unspecified atom stereocenters. The van der Waals surface area contributed by atoms with E-state index in [4.69, 9.17) is 9.47 Å². The summed E-state index contributed by atoms with van der Waals surface area (Å²) in [5.74, 6) is -0.948. The van der Waals surface area contributed by atoms with Crippen LogP contribution in [-0.2, 0) is 4.79 Å². The summed E-state index contributed by atoms with van der Waals surface area (Å²) in [6.07, 6.45) is -1.12. The Morgan fingerprint density at radius 2 is 1.44 bits per heavy atom. The molecular formula is C29H25N3O7. The van der Waals surface area contributed by atoms with Gasteiger partial charge in [0.25, 0.3) is 5.91 Å². The van der Waals surface area contributed by atoms with E-state index in [1.54, 1.807) is 24.3 Å². The molecule has 3 aromatic rings. The van der Waals surface area contributed by atoms with Gasteiger partial charge in [-0.25, -0.2) is 5.01 Å². The zero-order valence-corrected chi connectivity index (χ0v) is 21.2. The first-order chi connectivity index (χ1) is 18.8. The van der Waals surface area contributed by atoms with Crippen LogP contribution in [0.2, 0.25) is 0 Å². The number of ketones is 2. The molecule has 2 heterocycles. The van der Waals surface area contributed by atoms with E-state index in [9.17, 15) is 24.6 Å². The lowest BCUT2D eigenvalue weighted by atomic mass is 9.92. The first-order valence-corrected chi connectivity index (χ1v) is 12.1. The topological polar surface area (TPSA) is 138 Å². The Morgan fingerprint density at radius 3 is 2.00 bits per heavy atom. The number of phenols is 2. The third-order valence-electron chi connectivity index (χ3n) is 6.60. The van der Waals surface area contributed by atoms with Crippen LogP contribution in [0.25, 0.3) is 0 Å². The summed E-state index contributed by atoms with van der Waals surface area (Å²) in [5, 5.41) is 21.2. The van der Waals surface area contributed by atoms with Crippen molar-refractivity contribution >= 4 is 28.9 Å². The number of aromatic hydroxyl groups is 2. The minimum atomic E-state index is -0.757. The van der Waals surface area contributed by atoms with Crippen molar-refractivity contribution in [3.8, 4) is 23.0 Å². The Balaban J connectivity index is 1.48. The van der Waals surface area contributed by atoms with Gasteiger partial charge in [-0.15, -0.1) is 0 Å². The molecule has 1 amide bonds. The summed E-state index contributed by atoms with van der Waals surface area (Å²) in [6, 6.07) is 17.5. The van der Waals surface area contributed by atoms with Crippen molar-refractivity contribution in [3.05, 3.63) is 89.0 Å². The maximum absolute atomic E-state index is 13.5. The zero-order chi connectivity index (χ0) is 27.7. The van der Waals surface area contributed by atoms with Gasteiger partial charge in [-0.1, -0.05) is 18.2 Å². The lowest BCUT2D eigenvalue weighted by molar-refractivity contribution is -0.114. The molecular weight excluding hydrogens is 502 g/mol. The van der Waals surface area contributed by atoms with E-state index in [-0.39, 0.29) is 64.4 Å². The van der Waals surface area contributed by atoms with Crippen LogP contribution in [-0.4, -0.2) is 53.8 Å². The van der Waals surface area contributed by atoms with Crippen LogP contribution in [0.3, 0.4) is 0 Å². The summed E-state index contributed by atoms with van der Waals surface area (Å²) in [5.41, 5.74) is 5.22. The number of carbonyl (C=O) groups is 3. The van der Waals surface area contributed by atoms with E-state index in [1.807, 2.05) is 6.07 Å². The summed E-state index contributed by atoms with van der Waals surface area (Å²) in [7, 11) is 2.76. The molecule has 3 aromatic carbocycles. The number of Topliss-reactive ketones (excluding diaryl/α,β-unsaturated/α-hetero) is 2. The van der Waals surface area contributed by atoms with Crippen molar-refractivity contribution in [1.29, 1.82) is 0 Å². The summed E-state index contributed by atoms with van der Waals surface area (Å²) in [4.78, 5) is 44.7. The first-order valence-electron chi connectivity index (χ1n) is 12.1. The molecule has 10 heteroatoms. The number of benzene rings is 3. The number of allylic oxidation sites excluding steroid dienone is 1. The van der Waals surface area contributed by atoms with Crippen LogP contribution < -0.4 is 19.9 Å². The van der Waals surface area contributed by atoms with Crippen LogP contribution in [0, 0.1) is 0 Å². The summed E-state index contributed by atoms with van der Waals surface area (Å²) in [6.45, 7) is 0. The lowest BCUT2D eigenvalue weighted by Crippen LogP contribution is -2.37. The standard InChI is InChI=1S/C29H25N3O7/c1-38-25-12-16(8-10-21(25)33)23(35)14-19-20(15-24(36)17-9-11-22(34)26(13-17)39-2)30-28-27(19)29(37)32(31-28)18-6-4-3-5-7-18/h3-13,28,31,33-34H,14-15H2,1-2H3/t28-/m1/s1. The third kappa shape index (κ3) is 4.85. The summed E-state index contributed by atoms with van der Waals surface area (Å²) < 4.78 is 10.2. The minimum absolute atomic E-state index is 0.102. The fourth-order valence-electron chi connectivity index (χ4n) is 4.60. The maximum Gasteiger partial charge on any atom is 0.272 e. The van der Waals surface area contributed by atoms with Gasteiger partial charge in [-0.2, -0.15) is 5.43 Å². The number of fused-ring (bicyclic) bond motifs is 1. The Morgan fingerprint density at radius 1 is 0.872 bits per heavy atom. The Hall–Kier alpha value is -4.96. The van der Waals surface area contributed by atoms with Crippen LogP contribution in [0.4, 0.5) is 5.69 Å².